The first-order valence-corrected chi connectivity index (χ1v) is 5.94. The molecule has 0 aliphatic carbocycles. The molecule has 0 aliphatic heterocycles. The smallest absolute Gasteiger partial charge is 0.184 e. The Bertz CT molecular complexity index is 521. The molecule has 2 aromatic rings. The van der Waals surface area contributed by atoms with Gasteiger partial charge in [-0.3, -0.25) is 5.10 Å². The molecule has 5 heteroatoms. The van der Waals surface area contributed by atoms with E-state index in [4.69, 9.17) is 10.5 Å². The molecule has 1 aromatic heterocycles. The lowest BCUT2D eigenvalue weighted by molar-refractivity contribution is 0.416. The standard InChI is InChI=1S/C13H18N4O/c1-8(2)11(14)13-15-12(16-17-13)9-6-4-5-7-10(9)18-3/h4-8,11H,14H2,1-3H3,(H,15,16,17)/t11-/m1/s1. The number of aromatic nitrogens is 3. The highest BCUT2D eigenvalue weighted by Gasteiger charge is 2.17. The number of methoxy groups -OCH3 is 1. The highest BCUT2D eigenvalue weighted by molar-refractivity contribution is 5.63. The molecule has 3 N–H and O–H groups in total. The number of hydrogen-bond donors (Lipinski definition) is 2. The van der Waals surface area contributed by atoms with E-state index in [0.717, 1.165) is 11.3 Å². The number of nitrogens with one attached hydrogen (secondary N) is 1. The Morgan fingerprint density at radius 2 is 2.00 bits per heavy atom. The summed E-state index contributed by atoms with van der Waals surface area (Å²) in [5.74, 6) is 2.37. The van der Waals surface area contributed by atoms with Crippen molar-refractivity contribution in [1.29, 1.82) is 0 Å². The minimum Gasteiger partial charge on any atom is -0.496 e. The van der Waals surface area contributed by atoms with Gasteiger partial charge in [-0.1, -0.05) is 26.0 Å². The van der Waals surface area contributed by atoms with Gasteiger partial charge in [-0.05, 0) is 18.1 Å². The van der Waals surface area contributed by atoms with Gasteiger partial charge in [-0.15, -0.1) is 0 Å². The molecule has 0 spiro atoms. The van der Waals surface area contributed by atoms with Crippen LogP contribution in [0.4, 0.5) is 0 Å². The molecule has 0 bridgehead atoms. The lowest BCUT2D eigenvalue weighted by atomic mass is 10.1. The van der Waals surface area contributed by atoms with Gasteiger partial charge in [-0.25, -0.2) is 4.98 Å². The van der Waals surface area contributed by atoms with Gasteiger partial charge in [0.15, 0.2) is 5.82 Å². The van der Waals surface area contributed by atoms with E-state index in [1.165, 1.54) is 0 Å². The van der Waals surface area contributed by atoms with E-state index in [1.807, 2.05) is 24.3 Å². The monoisotopic (exact) mass is 246 g/mol. The Morgan fingerprint density at radius 3 is 2.67 bits per heavy atom. The maximum atomic E-state index is 6.03. The molecule has 18 heavy (non-hydrogen) atoms. The van der Waals surface area contributed by atoms with E-state index in [-0.39, 0.29) is 6.04 Å². The number of ether oxygens (including phenoxy) is 1. The number of nitrogens with two attached hydrogens (primary N) is 1. The summed E-state index contributed by atoms with van der Waals surface area (Å²) in [5.41, 5.74) is 6.89. The Kier molecular flexibility index (Phi) is 3.62. The molecule has 0 aliphatic rings. The molecule has 0 unspecified atom stereocenters. The van der Waals surface area contributed by atoms with E-state index < -0.39 is 0 Å². The second kappa shape index (κ2) is 5.18. The number of nitrogens with zero attached hydrogens (tertiary/aromatic N) is 2. The third-order valence-corrected chi connectivity index (χ3v) is 2.88. The number of aromatic amines is 1. The summed E-state index contributed by atoms with van der Waals surface area (Å²) in [4.78, 5) is 4.44. The molecule has 0 amide bonds. The number of H-pyrrole nitrogens is 1. The topological polar surface area (TPSA) is 76.8 Å². The van der Waals surface area contributed by atoms with Crippen molar-refractivity contribution in [3.63, 3.8) is 0 Å². The lowest BCUT2D eigenvalue weighted by Gasteiger charge is -2.11. The van der Waals surface area contributed by atoms with Crippen LogP contribution in [-0.2, 0) is 0 Å². The number of hydrogen-bond acceptors (Lipinski definition) is 4. The average Bonchev–Trinajstić information content (AvgIpc) is 2.87. The minimum atomic E-state index is -0.138. The zero-order valence-corrected chi connectivity index (χ0v) is 10.8. The van der Waals surface area contributed by atoms with E-state index in [9.17, 15) is 0 Å². The number of rotatable bonds is 4. The molecule has 0 radical (unpaired) electrons. The van der Waals surface area contributed by atoms with Crippen LogP contribution in [0.15, 0.2) is 24.3 Å². The molecule has 0 saturated carbocycles. The van der Waals surface area contributed by atoms with Crippen molar-refractivity contribution in [1.82, 2.24) is 15.2 Å². The minimum absolute atomic E-state index is 0.138. The summed E-state index contributed by atoms with van der Waals surface area (Å²) in [6, 6.07) is 7.51. The zero-order chi connectivity index (χ0) is 13.1. The lowest BCUT2D eigenvalue weighted by Crippen LogP contribution is -2.18. The molecule has 96 valence electrons. The third kappa shape index (κ3) is 2.36. The van der Waals surface area contributed by atoms with Crippen LogP contribution < -0.4 is 10.5 Å². The Morgan fingerprint density at radius 1 is 1.28 bits per heavy atom. The maximum absolute atomic E-state index is 6.03. The van der Waals surface area contributed by atoms with Crippen LogP contribution in [0.25, 0.3) is 11.4 Å². The van der Waals surface area contributed by atoms with Gasteiger partial charge < -0.3 is 10.5 Å². The van der Waals surface area contributed by atoms with Gasteiger partial charge in [0.2, 0.25) is 0 Å². The normalized spacial score (nSPS) is 12.7. The van der Waals surface area contributed by atoms with Crippen LogP contribution in [0, 0.1) is 5.92 Å². The zero-order valence-electron chi connectivity index (χ0n) is 10.8. The fraction of sp³-hybridized carbons (Fsp3) is 0.385. The van der Waals surface area contributed by atoms with Gasteiger partial charge in [0, 0.05) is 0 Å². The van der Waals surface area contributed by atoms with Crippen LogP contribution in [0.2, 0.25) is 0 Å². The van der Waals surface area contributed by atoms with Crippen LogP contribution in [0.3, 0.4) is 0 Å². The van der Waals surface area contributed by atoms with E-state index in [1.54, 1.807) is 7.11 Å². The SMILES string of the molecule is COc1ccccc1-c1n[nH]c([C@H](N)C(C)C)n1. The summed E-state index contributed by atoms with van der Waals surface area (Å²) in [5, 5.41) is 7.10. The average molecular weight is 246 g/mol. The summed E-state index contributed by atoms with van der Waals surface area (Å²) in [7, 11) is 1.63. The van der Waals surface area contributed by atoms with E-state index in [2.05, 4.69) is 29.0 Å². The van der Waals surface area contributed by atoms with E-state index >= 15 is 0 Å². The van der Waals surface area contributed by atoms with Crippen molar-refractivity contribution in [3.8, 4) is 17.1 Å². The molecule has 0 saturated heterocycles. The van der Waals surface area contributed by atoms with Gasteiger partial charge >= 0.3 is 0 Å². The van der Waals surface area contributed by atoms with Crippen molar-refractivity contribution >= 4 is 0 Å². The highest BCUT2D eigenvalue weighted by atomic mass is 16.5. The van der Waals surface area contributed by atoms with Gasteiger partial charge in [-0.2, -0.15) is 5.10 Å². The highest BCUT2D eigenvalue weighted by Crippen LogP contribution is 2.27. The molecule has 2 rings (SSSR count). The molecule has 5 nitrogen and oxygen atoms in total. The molecule has 1 atom stereocenters. The van der Waals surface area contributed by atoms with Crippen LogP contribution in [0.5, 0.6) is 5.75 Å². The Labute approximate surface area is 106 Å². The summed E-state index contributed by atoms with van der Waals surface area (Å²) in [6.45, 7) is 4.10. The van der Waals surface area contributed by atoms with E-state index in [0.29, 0.717) is 17.6 Å². The predicted octanol–water partition coefficient (Wildman–Crippen LogP) is 2.14. The fourth-order valence-corrected chi connectivity index (χ4v) is 1.69. The van der Waals surface area contributed by atoms with Crippen LogP contribution in [0.1, 0.15) is 25.7 Å². The molecule has 0 fully saturated rings. The number of benzene rings is 1. The number of para-hydroxylation sites is 1. The maximum Gasteiger partial charge on any atom is 0.184 e. The molecular weight excluding hydrogens is 228 g/mol. The molecule has 1 aromatic carbocycles. The van der Waals surface area contributed by atoms with Crippen molar-refractivity contribution in [2.75, 3.05) is 7.11 Å². The van der Waals surface area contributed by atoms with Crippen LogP contribution >= 0.6 is 0 Å². The largest absolute Gasteiger partial charge is 0.496 e. The second-order valence-electron chi connectivity index (χ2n) is 4.51. The summed E-state index contributed by atoms with van der Waals surface area (Å²) in [6.07, 6.45) is 0. The van der Waals surface area contributed by atoms with Gasteiger partial charge in [0.1, 0.15) is 11.6 Å². The van der Waals surface area contributed by atoms with Crippen molar-refractivity contribution in [2.45, 2.75) is 19.9 Å². The van der Waals surface area contributed by atoms with Crippen molar-refractivity contribution in [3.05, 3.63) is 30.1 Å². The quantitative estimate of drug-likeness (QED) is 0.866. The third-order valence-electron chi connectivity index (χ3n) is 2.88. The predicted molar refractivity (Wildman–Crippen MR) is 70.1 cm³/mol. The van der Waals surface area contributed by atoms with Gasteiger partial charge in [0.05, 0.1) is 18.7 Å². The van der Waals surface area contributed by atoms with Crippen LogP contribution in [-0.4, -0.2) is 22.3 Å². The first-order chi connectivity index (χ1) is 8.63. The van der Waals surface area contributed by atoms with Crippen molar-refractivity contribution < 1.29 is 4.74 Å². The van der Waals surface area contributed by atoms with Gasteiger partial charge in [0.25, 0.3) is 0 Å². The second-order valence-corrected chi connectivity index (χ2v) is 4.51. The summed E-state index contributed by atoms with van der Waals surface area (Å²) >= 11 is 0. The first-order valence-electron chi connectivity index (χ1n) is 5.94. The molecular formula is C13H18N4O. The molecule has 1 heterocycles. The van der Waals surface area contributed by atoms with Crippen molar-refractivity contribution in [2.24, 2.45) is 11.7 Å². The summed E-state index contributed by atoms with van der Waals surface area (Å²) < 4.78 is 5.29. The Hall–Kier alpha value is -1.88. The first kappa shape index (κ1) is 12.6. The Balaban J connectivity index is 2.35. The fourth-order valence-electron chi connectivity index (χ4n) is 1.69.